The van der Waals surface area contributed by atoms with Gasteiger partial charge in [-0.05, 0) is 69.5 Å². The molecule has 1 aromatic heterocycles. The quantitative estimate of drug-likeness (QED) is 0.572. The maximum absolute atomic E-state index is 13.0. The third kappa shape index (κ3) is 5.39. The Hall–Kier alpha value is -2.84. The molecule has 1 saturated heterocycles. The molecule has 176 valence electrons. The van der Waals surface area contributed by atoms with Crippen molar-refractivity contribution >= 4 is 26.8 Å². The van der Waals surface area contributed by atoms with Crippen molar-refractivity contribution in [3.63, 3.8) is 0 Å². The van der Waals surface area contributed by atoms with E-state index in [1.165, 1.54) is 0 Å². The number of carbonyl (C=O) groups is 1. The topological polar surface area (TPSA) is 88.7 Å². The minimum absolute atomic E-state index is 0.0320. The molecule has 1 fully saturated rings. The Morgan fingerprint density at radius 1 is 1.09 bits per heavy atom. The standard InChI is InChI=1S/C25H30N2O5S/c1-25(2,3)32-24(28)27(20-11-13-31-14-12-20)17-18-9-10-22-19(15-18)16-23(26-22)33(29,30)21-7-5-4-6-8-21/h4-10,15-16,20,26H,11-14,17H2,1-3H3. The number of aromatic amines is 1. The summed E-state index contributed by atoms with van der Waals surface area (Å²) in [5.74, 6) is 0. The number of amides is 1. The first-order valence-corrected chi connectivity index (χ1v) is 12.6. The minimum Gasteiger partial charge on any atom is -0.444 e. The average Bonchev–Trinajstić information content (AvgIpc) is 3.22. The van der Waals surface area contributed by atoms with Gasteiger partial charge in [-0.3, -0.25) is 0 Å². The normalized spacial score (nSPS) is 15.5. The second-order valence-corrected chi connectivity index (χ2v) is 11.2. The molecule has 0 spiro atoms. The highest BCUT2D eigenvalue weighted by Crippen LogP contribution is 2.27. The van der Waals surface area contributed by atoms with Crippen LogP contribution in [0.5, 0.6) is 0 Å². The molecular formula is C25H30N2O5S. The largest absolute Gasteiger partial charge is 0.444 e. The van der Waals surface area contributed by atoms with Crippen LogP contribution >= 0.6 is 0 Å². The lowest BCUT2D eigenvalue weighted by Crippen LogP contribution is -2.45. The molecule has 0 atom stereocenters. The first-order valence-electron chi connectivity index (χ1n) is 11.1. The van der Waals surface area contributed by atoms with E-state index in [0.717, 1.165) is 29.3 Å². The number of aromatic nitrogens is 1. The van der Waals surface area contributed by atoms with Crippen LogP contribution in [0.4, 0.5) is 4.79 Å². The van der Waals surface area contributed by atoms with Crippen LogP contribution in [0.3, 0.4) is 0 Å². The van der Waals surface area contributed by atoms with Crippen LogP contribution in [0.25, 0.3) is 10.9 Å². The van der Waals surface area contributed by atoms with Crippen LogP contribution in [0.15, 0.2) is 64.5 Å². The van der Waals surface area contributed by atoms with Crippen molar-refractivity contribution in [2.75, 3.05) is 13.2 Å². The molecule has 2 heterocycles. The van der Waals surface area contributed by atoms with E-state index in [0.29, 0.717) is 19.8 Å². The van der Waals surface area contributed by atoms with Crippen molar-refractivity contribution in [3.05, 3.63) is 60.2 Å². The van der Waals surface area contributed by atoms with Gasteiger partial charge in [0, 0.05) is 36.7 Å². The van der Waals surface area contributed by atoms with Crippen LogP contribution in [0.1, 0.15) is 39.2 Å². The van der Waals surface area contributed by atoms with Crippen molar-refractivity contribution in [1.29, 1.82) is 0 Å². The maximum atomic E-state index is 13.0. The first-order chi connectivity index (χ1) is 15.6. The third-order valence-electron chi connectivity index (χ3n) is 5.62. The molecule has 33 heavy (non-hydrogen) atoms. The molecule has 3 aromatic rings. The molecule has 1 aliphatic heterocycles. The fourth-order valence-corrected chi connectivity index (χ4v) is 5.28. The smallest absolute Gasteiger partial charge is 0.410 e. The Morgan fingerprint density at radius 3 is 2.45 bits per heavy atom. The Kier molecular flexibility index (Phi) is 6.50. The van der Waals surface area contributed by atoms with Crippen LogP contribution < -0.4 is 0 Å². The van der Waals surface area contributed by atoms with Crippen LogP contribution in [-0.4, -0.2) is 49.3 Å². The van der Waals surface area contributed by atoms with Gasteiger partial charge in [0.25, 0.3) is 0 Å². The second-order valence-electron chi connectivity index (χ2n) is 9.32. The summed E-state index contributed by atoms with van der Waals surface area (Å²) in [4.78, 5) is 18.0. The van der Waals surface area contributed by atoms with E-state index in [-0.39, 0.29) is 22.1 Å². The molecule has 0 unspecified atom stereocenters. The number of rotatable bonds is 5. The highest BCUT2D eigenvalue weighted by molar-refractivity contribution is 7.91. The van der Waals surface area contributed by atoms with Crippen molar-refractivity contribution in [2.24, 2.45) is 0 Å². The van der Waals surface area contributed by atoms with Crippen molar-refractivity contribution < 1.29 is 22.7 Å². The fourth-order valence-electron chi connectivity index (χ4n) is 3.98. The minimum atomic E-state index is -3.64. The van der Waals surface area contributed by atoms with Crippen molar-refractivity contribution in [3.8, 4) is 0 Å². The van der Waals surface area contributed by atoms with E-state index in [2.05, 4.69) is 4.98 Å². The second kappa shape index (κ2) is 9.19. The number of carbonyl (C=O) groups excluding carboxylic acids is 1. The molecule has 0 aliphatic carbocycles. The number of ether oxygens (including phenoxy) is 2. The van der Waals surface area contributed by atoms with E-state index in [1.807, 2.05) is 39.0 Å². The molecular weight excluding hydrogens is 440 g/mol. The van der Waals surface area contributed by atoms with Gasteiger partial charge < -0.3 is 19.4 Å². The maximum Gasteiger partial charge on any atom is 0.410 e. The van der Waals surface area contributed by atoms with Gasteiger partial charge in [-0.2, -0.15) is 0 Å². The molecule has 0 bridgehead atoms. The number of hydrogen-bond donors (Lipinski definition) is 1. The zero-order valence-corrected chi connectivity index (χ0v) is 20.0. The monoisotopic (exact) mass is 470 g/mol. The lowest BCUT2D eigenvalue weighted by Gasteiger charge is -2.35. The number of nitrogens with zero attached hydrogens (tertiary/aromatic N) is 1. The summed E-state index contributed by atoms with van der Waals surface area (Å²) in [5.41, 5.74) is 1.04. The summed E-state index contributed by atoms with van der Waals surface area (Å²) in [6.45, 7) is 7.17. The Morgan fingerprint density at radius 2 is 1.79 bits per heavy atom. The van der Waals surface area contributed by atoms with Crippen LogP contribution in [0.2, 0.25) is 0 Å². The predicted molar refractivity (Wildman–Crippen MR) is 126 cm³/mol. The van der Waals surface area contributed by atoms with Gasteiger partial charge >= 0.3 is 6.09 Å². The van der Waals surface area contributed by atoms with Gasteiger partial charge in [-0.25, -0.2) is 13.2 Å². The van der Waals surface area contributed by atoms with Crippen LogP contribution in [0, 0.1) is 0 Å². The summed E-state index contributed by atoms with van der Waals surface area (Å²) >= 11 is 0. The Balaban J connectivity index is 1.62. The lowest BCUT2D eigenvalue weighted by atomic mass is 10.1. The van der Waals surface area contributed by atoms with Gasteiger partial charge in [0.15, 0.2) is 0 Å². The van der Waals surface area contributed by atoms with E-state index in [4.69, 9.17) is 9.47 Å². The van der Waals surface area contributed by atoms with E-state index < -0.39 is 15.4 Å². The molecule has 7 nitrogen and oxygen atoms in total. The van der Waals surface area contributed by atoms with Crippen LogP contribution in [-0.2, 0) is 25.9 Å². The van der Waals surface area contributed by atoms with Gasteiger partial charge in [0.2, 0.25) is 9.84 Å². The highest BCUT2D eigenvalue weighted by Gasteiger charge is 2.30. The zero-order chi connectivity index (χ0) is 23.6. The number of benzene rings is 2. The highest BCUT2D eigenvalue weighted by atomic mass is 32.2. The van der Waals surface area contributed by atoms with Gasteiger partial charge in [0.1, 0.15) is 10.6 Å². The molecule has 2 aromatic carbocycles. The summed E-state index contributed by atoms with van der Waals surface area (Å²) in [7, 11) is -3.64. The fraction of sp³-hybridized carbons (Fsp3) is 0.400. The van der Waals surface area contributed by atoms with Gasteiger partial charge in [-0.1, -0.05) is 24.3 Å². The molecule has 1 N–H and O–H groups in total. The van der Waals surface area contributed by atoms with Gasteiger partial charge in [-0.15, -0.1) is 0 Å². The number of hydrogen-bond acceptors (Lipinski definition) is 5. The molecule has 1 aliphatic rings. The molecule has 1 amide bonds. The molecule has 4 rings (SSSR count). The lowest BCUT2D eigenvalue weighted by molar-refractivity contribution is -0.00807. The summed E-state index contributed by atoms with van der Waals surface area (Å²) in [6.07, 6.45) is 1.16. The summed E-state index contributed by atoms with van der Waals surface area (Å²) < 4.78 is 37.1. The number of nitrogens with one attached hydrogen (secondary N) is 1. The van der Waals surface area contributed by atoms with Crippen molar-refractivity contribution in [2.45, 2.75) is 61.7 Å². The summed E-state index contributed by atoms with van der Waals surface area (Å²) in [5, 5.41) is 0.924. The van der Waals surface area contributed by atoms with Gasteiger partial charge in [0.05, 0.1) is 4.90 Å². The van der Waals surface area contributed by atoms with E-state index in [1.54, 1.807) is 41.3 Å². The Labute approximate surface area is 194 Å². The number of sulfone groups is 1. The van der Waals surface area contributed by atoms with E-state index in [9.17, 15) is 13.2 Å². The zero-order valence-electron chi connectivity index (χ0n) is 19.2. The number of H-pyrrole nitrogens is 1. The molecule has 0 saturated carbocycles. The SMILES string of the molecule is CC(C)(C)OC(=O)N(Cc1ccc2[nH]c(S(=O)(=O)c3ccccc3)cc2c1)C1CCOCC1. The molecule has 8 heteroatoms. The molecule has 0 radical (unpaired) electrons. The Bertz CT molecular complexity index is 1220. The predicted octanol–water partition coefficient (Wildman–Crippen LogP) is 4.92. The summed E-state index contributed by atoms with van der Waals surface area (Å²) in [6, 6.07) is 15.7. The number of fused-ring (bicyclic) bond motifs is 1. The first kappa shape index (κ1) is 23.3. The third-order valence-corrected chi connectivity index (χ3v) is 7.31. The van der Waals surface area contributed by atoms with Crippen molar-refractivity contribution in [1.82, 2.24) is 9.88 Å². The average molecular weight is 471 g/mol. The van der Waals surface area contributed by atoms with E-state index >= 15 is 0 Å².